The maximum atomic E-state index is 13.5. The number of phenols is 1. The molecular formula is C27H31N7O2. The first-order valence-electron chi connectivity index (χ1n) is 12.8. The van der Waals surface area contributed by atoms with E-state index in [1.165, 1.54) is 12.8 Å². The molecule has 1 saturated carbocycles. The van der Waals surface area contributed by atoms with Crippen LogP contribution in [-0.4, -0.2) is 61.4 Å². The highest BCUT2D eigenvalue weighted by Gasteiger charge is 2.34. The van der Waals surface area contributed by atoms with Crippen molar-refractivity contribution in [3.05, 3.63) is 75.8 Å². The molecule has 2 aromatic heterocycles. The SMILES string of the molecule is Cc1ccc2[nH]c(=O)c(C(c3nnnn3C3CCCC3)N3CCN(c4ccc(O)cc4)CC3)cc2c1. The third-order valence-electron chi connectivity index (χ3n) is 7.65. The molecule has 0 radical (unpaired) electrons. The number of tetrazole rings is 1. The van der Waals surface area contributed by atoms with Crippen LogP contribution in [0.5, 0.6) is 5.75 Å². The number of nitrogens with zero attached hydrogens (tertiary/aromatic N) is 6. The Hall–Kier alpha value is -3.72. The van der Waals surface area contributed by atoms with Gasteiger partial charge < -0.3 is 15.0 Å². The van der Waals surface area contributed by atoms with E-state index in [9.17, 15) is 9.90 Å². The third-order valence-corrected chi connectivity index (χ3v) is 7.65. The number of piperazine rings is 1. The molecule has 0 spiro atoms. The molecule has 2 fully saturated rings. The Morgan fingerprint density at radius 1 is 1.00 bits per heavy atom. The Morgan fingerprint density at radius 3 is 2.50 bits per heavy atom. The van der Waals surface area contributed by atoms with E-state index >= 15 is 0 Å². The number of hydrogen-bond donors (Lipinski definition) is 2. The summed E-state index contributed by atoms with van der Waals surface area (Å²) < 4.78 is 1.98. The van der Waals surface area contributed by atoms with Crippen molar-refractivity contribution in [3.63, 3.8) is 0 Å². The first-order chi connectivity index (χ1) is 17.6. The van der Waals surface area contributed by atoms with E-state index in [-0.39, 0.29) is 23.4 Å². The lowest BCUT2D eigenvalue weighted by atomic mass is 10.0. The summed E-state index contributed by atoms with van der Waals surface area (Å²) in [4.78, 5) is 21.2. The highest BCUT2D eigenvalue weighted by atomic mass is 16.3. The lowest BCUT2D eigenvalue weighted by Gasteiger charge is -2.39. The second-order valence-corrected chi connectivity index (χ2v) is 10.0. The molecule has 1 aliphatic carbocycles. The Morgan fingerprint density at radius 2 is 1.75 bits per heavy atom. The zero-order valence-electron chi connectivity index (χ0n) is 20.5. The number of fused-ring (bicyclic) bond motifs is 1. The average molecular weight is 486 g/mol. The van der Waals surface area contributed by atoms with Crippen LogP contribution in [0, 0.1) is 6.92 Å². The van der Waals surface area contributed by atoms with E-state index in [4.69, 9.17) is 0 Å². The van der Waals surface area contributed by atoms with Crippen molar-refractivity contribution in [2.75, 3.05) is 31.1 Å². The van der Waals surface area contributed by atoms with Crippen LogP contribution in [0.15, 0.2) is 53.3 Å². The van der Waals surface area contributed by atoms with Gasteiger partial charge in [-0.05, 0) is 78.0 Å². The van der Waals surface area contributed by atoms with Gasteiger partial charge >= 0.3 is 0 Å². The molecule has 2 aromatic carbocycles. The van der Waals surface area contributed by atoms with Gasteiger partial charge in [-0.15, -0.1) is 5.10 Å². The molecule has 3 heterocycles. The second-order valence-electron chi connectivity index (χ2n) is 10.0. The van der Waals surface area contributed by atoms with Crippen LogP contribution in [0.1, 0.15) is 54.7 Å². The lowest BCUT2D eigenvalue weighted by molar-refractivity contribution is 0.197. The van der Waals surface area contributed by atoms with Gasteiger partial charge in [-0.1, -0.05) is 24.5 Å². The first-order valence-corrected chi connectivity index (χ1v) is 12.8. The lowest BCUT2D eigenvalue weighted by Crippen LogP contribution is -2.49. The Balaban J connectivity index is 1.38. The van der Waals surface area contributed by atoms with Gasteiger partial charge in [0.15, 0.2) is 5.82 Å². The van der Waals surface area contributed by atoms with Crippen molar-refractivity contribution >= 4 is 16.6 Å². The molecule has 0 bridgehead atoms. The largest absolute Gasteiger partial charge is 0.508 e. The molecule has 1 atom stereocenters. The monoisotopic (exact) mass is 485 g/mol. The minimum absolute atomic E-state index is 0.0988. The van der Waals surface area contributed by atoms with E-state index in [1.807, 2.05) is 35.0 Å². The summed E-state index contributed by atoms with van der Waals surface area (Å²) >= 11 is 0. The van der Waals surface area contributed by atoms with E-state index in [0.29, 0.717) is 5.56 Å². The number of benzene rings is 2. The predicted molar refractivity (Wildman–Crippen MR) is 138 cm³/mol. The molecule has 9 heteroatoms. The fourth-order valence-electron chi connectivity index (χ4n) is 5.74. The smallest absolute Gasteiger partial charge is 0.253 e. The average Bonchev–Trinajstić information content (AvgIpc) is 3.58. The van der Waals surface area contributed by atoms with Crippen LogP contribution >= 0.6 is 0 Å². The quantitative estimate of drug-likeness (QED) is 0.446. The summed E-state index contributed by atoms with van der Waals surface area (Å²) in [7, 11) is 0. The predicted octanol–water partition coefficient (Wildman–Crippen LogP) is 3.56. The van der Waals surface area contributed by atoms with Crippen LogP contribution in [0.3, 0.4) is 0 Å². The minimum atomic E-state index is -0.337. The molecule has 6 rings (SSSR count). The molecule has 2 N–H and O–H groups in total. The number of aromatic amines is 1. The zero-order chi connectivity index (χ0) is 24.6. The number of anilines is 1. The van der Waals surface area contributed by atoms with E-state index in [1.54, 1.807) is 12.1 Å². The first kappa shape index (κ1) is 22.7. The molecule has 36 heavy (non-hydrogen) atoms. The van der Waals surface area contributed by atoms with Gasteiger partial charge in [0.2, 0.25) is 0 Å². The van der Waals surface area contributed by atoms with Crippen LogP contribution in [0.25, 0.3) is 10.9 Å². The van der Waals surface area contributed by atoms with Crippen LogP contribution in [0.2, 0.25) is 0 Å². The molecule has 1 aliphatic heterocycles. The van der Waals surface area contributed by atoms with E-state index in [2.05, 4.69) is 43.3 Å². The van der Waals surface area contributed by atoms with Gasteiger partial charge in [0.1, 0.15) is 11.8 Å². The Kier molecular flexibility index (Phi) is 5.92. The van der Waals surface area contributed by atoms with Gasteiger partial charge in [-0.3, -0.25) is 9.69 Å². The van der Waals surface area contributed by atoms with Gasteiger partial charge in [0, 0.05) is 42.9 Å². The molecule has 9 nitrogen and oxygen atoms in total. The van der Waals surface area contributed by atoms with Crippen LogP contribution in [0.4, 0.5) is 5.69 Å². The number of hydrogen-bond acceptors (Lipinski definition) is 7. The van der Waals surface area contributed by atoms with Crippen LogP contribution < -0.4 is 10.5 Å². The number of phenolic OH excluding ortho intramolecular Hbond substituents is 1. The maximum absolute atomic E-state index is 13.5. The normalized spacial score (nSPS) is 18.2. The summed E-state index contributed by atoms with van der Waals surface area (Å²) in [6.45, 7) is 5.18. The number of aromatic nitrogens is 5. The molecule has 1 saturated heterocycles. The van der Waals surface area contributed by atoms with Crippen molar-refractivity contribution in [2.24, 2.45) is 0 Å². The molecule has 4 aromatic rings. The maximum Gasteiger partial charge on any atom is 0.253 e. The van der Waals surface area contributed by atoms with Crippen molar-refractivity contribution in [2.45, 2.75) is 44.7 Å². The highest BCUT2D eigenvalue weighted by Crippen LogP contribution is 2.34. The van der Waals surface area contributed by atoms with Gasteiger partial charge in [-0.2, -0.15) is 0 Å². The van der Waals surface area contributed by atoms with Crippen molar-refractivity contribution in [1.82, 2.24) is 30.1 Å². The Labute approximate surface area is 209 Å². The zero-order valence-corrected chi connectivity index (χ0v) is 20.5. The molecule has 0 amide bonds. The molecule has 2 aliphatic rings. The van der Waals surface area contributed by atoms with E-state index < -0.39 is 0 Å². The molecule has 1 unspecified atom stereocenters. The standard InChI is InChI=1S/C27H31N7O2/c1-18-6-11-24-19(16-18)17-23(27(36)28-24)25(26-29-30-31-34(26)21-4-2-3-5-21)33-14-12-32(13-15-33)20-7-9-22(35)10-8-20/h6-11,16-17,21,25,35H,2-5,12-15H2,1H3,(H,28,36). The summed E-state index contributed by atoms with van der Waals surface area (Å²) in [5, 5.41) is 23.6. The van der Waals surface area contributed by atoms with Gasteiger partial charge in [0.05, 0.1) is 6.04 Å². The number of pyridine rings is 1. The number of aromatic hydroxyl groups is 1. The highest BCUT2D eigenvalue weighted by molar-refractivity contribution is 5.79. The fourth-order valence-corrected chi connectivity index (χ4v) is 5.74. The summed E-state index contributed by atoms with van der Waals surface area (Å²) in [6.07, 6.45) is 4.48. The molecule has 186 valence electrons. The van der Waals surface area contributed by atoms with E-state index in [0.717, 1.165) is 67.0 Å². The topological polar surface area (TPSA) is 103 Å². The van der Waals surface area contributed by atoms with Crippen molar-refractivity contribution in [1.29, 1.82) is 0 Å². The van der Waals surface area contributed by atoms with Crippen molar-refractivity contribution in [3.8, 4) is 5.75 Å². The van der Waals surface area contributed by atoms with Crippen LogP contribution in [-0.2, 0) is 0 Å². The minimum Gasteiger partial charge on any atom is -0.508 e. The number of rotatable bonds is 5. The van der Waals surface area contributed by atoms with Crippen molar-refractivity contribution < 1.29 is 5.11 Å². The number of aryl methyl sites for hydroxylation is 1. The van der Waals surface area contributed by atoms with Gasteiger partial charge in [0.25, 0.3) is 5.56 Å². The Bertz CT molecular complexity index is 1410. The second kappa shape index (κ2) is 9.39. The molecular weight excluding hydrogens is 454 g/mol. The fraction of sp³-hybridized carbons (Fsp3) is 0.407. The third kappa shape index (κ3) is 4.24. The summed E-state index contributed by atoms with van der Waals surface area (Å²) in [5.74, 6) is 1.01. The number of nitrogens with one attached hydrogen (secondary N) is 1. The van der Waals surface area contributed by atoms with Gasteiger partial charge in [-0.25, -0.2) is 4.68 Å². The number of H-pyrrole nitrogens is 1. The summed E-state index contributed by atoms with van der Waals surface area (Å²) in [6, 6.07) is 15.4. The summed E-state index contributed by atoms with van der Waals surface area (Å²) in [5.41, 5.74) is 3.65.